The van der Waals surface area contributed by atoms with Gasteiger partial charge in [0.1, 0.15) is 18.2 Å². The molecule has 0 spiro atoms. The summed E-state index contributed by atoms with van der Waals surface area (Å²) in [4.78, 5) is 22.9. The maximum absolute atomic E-state index is 13.0. The zero-order valence-corrected chi connectivity index (χ0v) is 13.5. The highest BCUT2D eigenvalue weighted by molar-refractivity contribution is 5.76. The summed E-state index contributed by atoms with van der Waals surface area (Å²) in [5.74, 6) is 0.895. The number of likely N-dealkylation sites (tertiary alicyclic amines) is 1. The Balaban J connectivity index is 1.52. The van der Waals surface area contributed by atoms with Gasteiger partial charge in [0, 0.05) is 24.5 Å². The third kappa shape index (κ3) is 3.15. The number of rotatable bonds is 4. The second-order valence-corrected chi connectivity index (χ2v) is 6.03. The number of H-pyrrole nitrogens is 1. The second-order valence-electron chi connectivity index (χ2n) is 6.03. The number of benzene rings is 1. The zero-order valence-electron chi connectivity index (χ0n) is 13.5. The number of aromatic nitrogens is 5. The zero-order chi connectivity index (χ0) is 17.2. The molecule has 1 saturated heterocycles. The molecule has 0 saturated carbocycles. The first-order valence-electron chi connectivity index (χ1n) is 8.14. The summed E-state index contributed by atoms with van der Waals surface area (Å²) >= 11 is 0. The molecular weight excluding hydrogens is 323 g/mol. The van der Waals surface area contributed by atoms with Crippen molar-refractivity contribution in [3.63, 3.8) is 0 Å². The molecule has 1 fully saturated rings. The van der Waals surface area contributed by atoms with E-state index >= 15 is 0 Å². The number of nitrogens with zero attached hydrogens (tertiary/aromatic N) is 5. The van der Waals surface area contributed by atoms with E-state index in [0.29, 0.717) is 18.2 Å². The van der Waals surface area contributed by atoms with Crippen molar-refractivity contribution in [2.24, 2.45) is 0 Å². The van der Waals surface area contributed by atoms with Gasteiger partial charge in [-0.15, -0.1) is 0 Å². The van der Waals surface area contributed by atoms with Gasteiger partial charge in [-0.2, -0.15) is 5.10 Å². The van der Waals surface area contributed by atoms with E-state index in [2.05, 4.69) is 20.2 Å². The standard InChI is InChI=1S/C17H17FN6O/c18-13-5-3-12(4-6-13)16-20-17(22-21-16)14-2-1-8-24(14)15(25)10-23-9-7-19-11-23/h3-7,9,11,14H,1-2,8,10H2,(H,20,21,22)/t14-/m0/s1. The number of nitrogens with one attached hydrogen (secondary N) is 1. The Bertz CT molecular complexity index is 858. The molecule has 1 amide bonds. The van der Waals surface area contributed by atoms with Gasteiger partial charge in [-0.05, 0) is 37.1 Å². The van der Waals surface area contributed by atoms with E-state index in [1.54, 1.807) is 35.4 Å². The lowest BCUT2D eigenvalue weighted by Gasteiger charge is -2.23. The topological polar surface area (TPSA) is 79.7 Å². The van der Waals surface area contributed by atoms with E-state index in [9.17, 15) is 9.18 Å². The van der Waals surface area contributed by atoms with Crippen molar-refractivity contribution in [2.45, 2.75) is 25.4 Å². The van der Waals surface area contributed by atoms with Crippen LogP contribution in [0.15, 0.2) is 43.0 Å². The average Bonchev–Trinajstić information content (AvgIpc) is 3.36. The van der Waals surface area contributed by atoms with Crippen LogP contribution in [0.5, 0.6) is 0 Å². The van der Waals surface area contributed by atoms with Gasteiger partial charge in [0.25, 0.3) is 0 Å². The fourth-order valence-corrected chi connectivity index (χ4v) is 3.13. The third-order valence-corrected chi connectivity index (χ3v) is 4.37. The molecule has 4 rings (SSSR count). The quantitative estimate of drug-likeness (QED) is 0.789. The molecule has 8 heteroatoms. The number of carbonyl (C=O) groups excluding carboxylic acids is 1. The average molecular weight is 340 g/mol. The van der Waals surface area contributed by atoms with E-state index in [-0.39, 0.29) is 24.3 Å². The Morgan fingerprint density at radius 1 is 1.32 bits per heavy atom. The summed E-state index contributed by atoms with van der Waals surface area (Å²) in [7, 11) is 0. The number of imidazole rings is 1. The van der Waals surface area contributed by atoms with Crippen LogP contribution in [-0.2, 0) is 11.3 Å². The molecule has 1 aliphatic heterocycles. The van der Waals surface area contributed by atoms with Gasteiger partial charge >= 0.3 is 0 Å². The Morgan fingerprint density at radius 3 is 2.92 bits per heavy atom. The predicted octanol–water partition coefficient (Wildman–Crippen LogP) is 2.17. The first-order chi connectivity index (χ1) is 12.2. The molecule has 25 heavy (non-hydrogen) atoms. The van der Waals surface area contributed by atoms with Crippen molar-refractivity contribution < 1.29 is 9.18 Å². The van der Waals surface area contributed by atoms with Gasteiger partial charge in [-0.1, -0.05) is 0 Å². The maximum atomic E-state index is 13.0. The molecule has 0 aliphatic carbocycles. The van der Waals surface area contributed by atoms with Crippen LogP contribution < -0.4 is 0 Å². The lowest BCUT2D eigenvalue weighted by molar-refractivity contribution is -0.132. The molecule has 0 radical (unpaired) electrons. The largest absolute Gasteiger partial charge is 0.331 e. The van der Waals surface area contributed by atoms with Crippen LogP contribution in [0.1, 0.15) is 24.7 Å². The summed E-state index contributed by atoms with van der Waals surface area (Å²) in [6.45, 7) is 0.959. The summed E-state index contributed by atoms with van der Waals surface area (Å²) in [5, 5.41) is 7.16. The van der Waals surface area contributed by atoms with Gasteiger partial charge in [0.05, 0.1) is 12.4 Å². The van der Waals surface area contributed by atoms with Crippen LogP contribution >= 0.6 is 0 Å². The van der Waals surface area contributed by atoms with Crippen LogP contribution in [0, 0.1) is 5.82 Å². The first kappa shape index (κ1) is 15.5. The number of aromatic amines is 1. The maximum Gasteiger partial charge on any atom is 0.243 e. The number of carbonyl (C=O) groups is 1. The number of halogens is 1. The smallest absolute Gasteiger partial charge is 0.243 e. The highest BCUT2D eigenvalue weighted by Crippen LogP contribution is 2.31. The highest BCUT2D eigenvalue weighted by Gasteiger charge is 2.32. The van der Waals surface area contributed by atoms with E-state index in [0.717, 1.165) is 18.4 Å². The SMILES string of the molecule is O=C(Cn1ccnc1)N1CCC[C@H]1c1nc(-c2ccc(F)cc2)n[nH]1. The Labute approximate surface area is 143 Å². The van der Waals surface area contributed by atoms with Crippen molar-refractivity contribution in [3.05, 3.63) is 54.6 Å². The van der Waals surface area contributed by atoms with Gasteiger partial charge in [0.15, 0.2) is 5.82 Å². The fourth-order valence-electron chi connectivity index (χ4n) is 3.13. The van der Waals surface area contributed by atoms with Crippen LogP contribution in [0.2, 0.25) is 0 Å². The van der Waals surface area contributed by atoms with Crippen molar-refractivity contribution >= 4 is 5.91 Å². The molecule has 3 heterocycles. The molecule has 3 aromatic rings. The second kappa shape index (κ2) is 6.46. The monoisotopic (exact) mass is 340 g/mol. The van der Waals surface area contributed by atoms with Crippen molar-refractivity contribution in [3.8, 4) is 11.4 Å². The molecule has 0 unspecified atom stereocenters. The lowest BCUT2D eigenvalue weighted by atomic mass is 10.2. The Hall–Kier alpha value is -3.03. The summed E-state index contributed by atoms with van der Waals surface area (Å²) < 4.78 is 14.8. The van der Waals surface area contributed by atoms with Gasteiger partial charge in [-0.3, -0.25) is 9.89 Å². The Morgan fingerprint density at radius 2 is 2.16 bits per heavy atom. The Kier molecular flexibility index (Phi) is 4.01. The van der Waals surface area contributed by atoms with Crippen LogP contribution in [-0.4, -0.2) is 42.1 Å². The minimum atomic E-state index is -0.299. The van der Waals surface area contributed by atoms with Crippen LogP contribution in [0.4, 0.5) is 4.39 Å². The van der Waals surface area contributed by atoms with E-state index in [1.807, 2.05) is 4.90 Å². The molecule has 0 bridgehead atoms. The number of hydrogen-bond donors (Lipinski definition) is 1. The minimum absolute atomic E-state index is 0.0280. The van der Waals surface area contributed by atoms with Gasteiger partial charge < -0.3 is 9.47 Å². The highest BCUT2D eigenvalue weighted by atomic mass is 19.1. The van der Waals surface area contributed by atoms with Crippen molar-refractivity contribution in [2.75, 3.05) is 6.54 Å². The van der Waals surface area contributed by atoms with Crippen LogP contribution in [0.3, 0.4) is 0 Å². The molecule has 1 atom stereocenters. The molecule has 2 aromatic heterocycles. The van der Waals surface area contributed by atoms with E-state index < -0.39 is 0 Å². The van der Waals surface area contributed by atoms with Crippen LogP contribution in [0.25, 0.3) is 11.4 Å². The first-order valence-corrected chi connectivity index (χ1v) is 8.14. The molecule has 128 valence electrons. The van der Waals surface area contributed by atoms with Gasteiger partial charge in [0.2, 0.25) is 5.91 Å². The molecule has 1 N–H and O–H groups in total. The molecule has 7 nitrogen and oxygen atoms in total. The van der Waals surface area contributed by atoms with Crippen molar-refractivity contribution in [1.82, 2.24) is 29.6 Å². The lowest BCUT2D eigenvalue weighted by Crippen LogP contribution is -2.33. The summed E-state index contributed by atoms with van der Waals surface area (Å²) in [6, 6.07) is 5.92. The van der Waals surface area contributed by atoms with Crippen molar-refractivity contribution in [1.29, 1.82) is 0 Å². The minimum Gasteiger partial charge on any atom is -0.331 e. The fraction of sp³-hybridized carbons (Fsp3) is 0.294. The van der Waals surface area contributed by atoms with Gasteiger partial charge in [-0.25, -0.2) is 14.4 Å². The molecular formula is C17H17FN6O. The van der Waals surface area contributed by atoms with E-state index in [1.165, 1.54) is 12.1 Å². The predicted molar refractivity (Wildman–Crippen MR) is 87.7 cm³/mol. The summed E-state index contributed by atoms with van der Waals surface area (Å²) in [6.07, 6.45) is 6.81. The normalized spacial score (nSPS) is 17.2. The molecule has 1 aliphatic rings. The van der Waals surface area contributed by atoms with E-state index in [4.69, 9.17) is 0 Å². The summed E-state index contributed by atoms with van der Waals surface area (Å²) in [5.41, 5.74) is 0.734. The molecule has 1 aromatic carbocycles. The number of amides is 1. The number of hydrogen-bond acceptors (Lipinski definition) is 4. The third-order valence-electron chi connectivity index (χ3n) is 4.37.